The minimum atomic E-state index is 0.787. The molecule has 0 aliphatic carbocycles. The maximum Gasteiger partial charge on any atom is 0.0101 e. The monoisotopic (exact) mass is 145 g/mol. The molecule has 0 aromatic heterocycles. The van der Waals surface area contributed by atoms with Gasteiger partial charge in [-0.25, -0.2) is 0 Å². The predicted molar refractivity (Wildman–Crippen MR) is 45.1 cm³/mol. The Morgan fingerprint density at radius 2 is 2.00 bits per heavy atom. The van der Waals surface area contributed by atoms with Crippen molar-refractivity contribution in [2.45, 2.75) is 6.42 Å². The summed E-state index contributed by atoms with van der Waals surface area (Å²) in [5.41, 5.74) is 5.32. The van der Waals surface area contributed by atoms with Gasteiger partial charge in [-0.05, 0) is 33.6 Å². The SMILES string of the molecule is CN(C)CCNCCCN. The average Bonchev–Trinajstić information content (AvgIpc) is 1.87. The third-order valence-electron chi connectivity index (χ3n) is 1.29. The lowest BCUT2D eigenvalue weighted by atomic mass is 10.4. The third kappa shape index (κ3) is 7.88. The predicted octanol–water partition coefficient (Wildman–Crippen LogP) is -0.514. The van der Waals surface area contributed by atoms with Gasteiger partial charge in [0.15, 0.2) is 0 Å². The van der Waals surface area contributed by atoms with Crippen LogP contribution < -0.4 is 11.1 Å². The molecule has 0 rings (SSSR count). The number of rotatable bonds is 6. The second kappa shape index (κ2) is 6.99. The fraction of sp³-hybridized carbons (Fsp3) is 1.00. The first kappa shape index (κ1) is 9.88. The van der Waals surface area contributed by atoms with E-state index in [0.717, 1.165) is 32.6 Å². The Morgan fingerprint density at radius 3 is 2.50 bits per heavy atom. The van der Waals surface area contributed by atoms with E-state index in [4.69, 9.17) is 5.73 Å². The van der Waals surface area contributed by atoms with E-state index in [1.807, 2.05) is 0 Å². The zero-order chi connectivity index (χ0) is 7.82. The van der Waals surface area contributed by atoms with Crippen molar-refractivity contribution in [3.63, 3.8) is 0 Å². The van der Waals surface area contributed by atoms with E-state index < -0.39 is 0 Å². The molecule has 3 nitrogen and oxygen atoms in total. The smallest absolute Gasteiger partial charge is 0.0101 e. The van der Waals surface area contributed by atoms with Crippen molar-refractivity contribution in [1.82, 2.24) is 10.2 Å². The molecule has 0 amide bonds. The van der Waals surface area contributed by atoms with E-state index in [1.54, 1.807) is 0 Å². The van der Waals surface area contributed by atoms with Crippen molar-refractivity contribution < 1.29 is 0 Å². The number of nitrogens with two attached hydrogens (primary N) is 1. The summed E-state index contributed by atoms with van der Waals surface area (Å²) < 4.78 is 0. The first-order valence-corrected chi connectivity index (χ1v) is 3.83. The van der Waals surface area contributed by atoms with Gasteiger partial charge in [0, 0.05) is 13.1 Å². The molecule has 3 heteroatoms. The number of hydrogen-bond donors (Lipinski definition) is 2. The molecule has 0 aromatic rings. The maximum atomic E-state index is 5.32. The van der Waals surface area contributed by atoms with Crippen LogP contribution >= 0.6 is 0 Å². The molecular weight excluding hydrogens is 126 g/mol. The van der Waals surface area contributed by atoms with Crippen LogP contribution in [0.1, 0.15) is 6.42 Å². The van der Waals surface area contributed by atoms with Crippen LogP contribution in [-0.2, 0) is 0 Å². The molecular formula is C7H19N3. The van der Waals surface area contributed by atoms with Gasteiger partial charge in [0.05, 0.1) is 0 Å². The van der Waals surface area contributed by atoms with Crippen LogP contribution in [-0.4, -0.2) is 45.2 Å². The first-order valence-electron chi connectivity index (χ1n) is 3.83. The molecule has 0 heterocycles. The Kier molecular flexibility index (Phi) is 6.91. The summed E-state index contributed by atoms with van der Waals surface area (Å²) in [5, 5.41) is 3.30. The summed E-state index contributed by atoms with van der Waals surface area (Å²) >= 11 is 0. The lowest BCUT2D eigenvalue weighted by Crippen LogP contribution is -2.28. The molecule has 0 atom stereocenters. The molecule has 0 spiro atoms. The van der Waals surface area contributed by atoms with Crippen LogP contribution in [0.25, 0.3) is 0 Å². The summed E-state index contributed by atoms with van der Waals surface area (Å²) in [6, 6.07) is 0. The second-order valence-electron chi connectivity index (χ2n) is 2.70. The Labute approximate surface area is 63.6 Å². The van der Waals surface area contributed by atoms with E-state index in [9.17, 15) is 0 Å². The molecule has 0 aromatic carbocycles. The molecule has 0 unspecified atom stereocenters. The molecule has 0 aliphatic rings. The van der Waals surface area contributed by atoms with Crippen LogP contribution in [0.2, 0.25) is 0 Å². The Bertz CT molecular complexity index is 63.9. The van der Waals surface area contributed by atoms with Crippen molar-refractivity contribution in [2.75, 3.05) is 40.3 Å². The molecule has 0 saturated heterocycles. The molecule has 0 saturated carbocycles. The highest BCUT2D eigenvalue weighted by atomic mass is 15.1. The molecule has 10 heavy (non-hydrogen) atoms. The molecule has 0 bridgehead atoms. The second-order valence-corrected chi connectivity index (χ2v) is 2.70. The van der Waals surface area contributed by atoms with E-state index in [0.29, 0.717) is 0 Å². The molecule has 0 radical (unpaired) electrons. The van der Waals surface area contributed by atoms with Gasteiger partial charge < -0.3 is 16.0 Å². The summed E-state index contributed by atoms with van der Waals surface area (Å²) in [4.78, 5) is 2.16. The van der Waals surface area contributed by atoms with Gasteiger partial charge in [-0.3, -0.25) is 0 Å². The molecule has 0 aliphatic heterocycles. The summed E-state index contributed by atoms with van der Waals surface area (Å²) in [5.74, 6) is 0. The van der Waals surface area contributed by atoms with Crippen LogP contribution in [0, 0.1) is 0 Å². The van der Waals surface area contributed by atoms with Gasteiger partial charge in [-0.1, -0.05) is 0 Å². The maximum absolute atomic E-state index is 5.32. The van der Waals surface area contributed by atoms with E-state index in [1.165, 1.54) is 0 Å². The fourth-order valence-corrected chi connectivity index (χ4v) is 0.655. The van der Waals surface area contributed by atoms with Gasteiger partial charge in [0.1, 0.15) is 0 Å². The van der Waals surface area contributed by atoms with Crippen molar-refractivity contribution in [2.24, 2.45) is 5.73 Å². The van der Waals surface area contributed by atoms with Gasteiger partial charge in [0.2, 0.25) is 0 Å². The lowest BCUT2D eigenvalue weighted by molar-refractivity contribution is 0.400. The lowest BCUT2D eigenvalue weighted by Gasteiger charge is -2.09. The number of likely N-dealkylation sites (N-methyl/N-ethyl adjacent to an activating group) is 1. The van der Waals surface area contributed by atoms with Crippen LogP contribution in [0.5, 0.6) is 0 Å². The Hall–Kier alpha value is -0.120. The van der Waals surface area contributed by atoms with E-state index >= 15 is 0 Å². The van der Waals surface area contributed by atoms with Crippen molar-refractivity contribution in [1.29, 1.82) is 0 Å². The van der Waals surface area contributed by atoms with Gasteiger partial charge in [0.25, 0.3) is 0 Å². The van der Waals surface area contributed by atoms with E-state index in [2.05, 4.69) is 24.3 Å². The molecule has 3 N–H and O–H groups in total. The highest BCUT2D eigenvalue weighted by molar-refractivity contribution is 4.50. The topological polar surface area (TPSA) is 41.3 Å². The Morgan fingerprint density at radius 1 is 1.30 bits per heavy atom. The highest BCUT2D eigenvalue weighted by Crippen LogP contribution is 1.72. The van der Waals surface area contributed by atoms with Crippen molar-refractivity contribution >= 4 is 0 Å². The normalized spacial score (nSPS) is 10.8. The van der Waals surface area contributed by atoms with Crippen LogP contribution in [0.3, 0.4) is 0 Å². The summed E-state index contributed by atoms with van der Waals surface area (Å²) in [6.45, 7) is 4.00. The fourth-order valence-electron chi connectivity index (χ4n) is 0.655. The minimum Gasteiger partial charge on any atom is -0.330 e. The number of nitrogens with one attached hydrogen (secondary N) is 1. The third-order valence-corrected chi connectivity index (χ3v) is 1.29. The summed E-state index contributed by atoms with van der Waals surface area (Å²) in [7, 11) is 4.15. The number of hydrogen-bond acceptors (Lipinski definition) is 3. The average molecular weight is 145 g/mol. The molecule has 62 valence electrons. The summed E-state index contributed by atoms with van der Waals surface area (Å²) in [6.07, 6.45) is 1.08. The zero-order valence-corrected chi connectivity index (χ0v) is 7.06. The largest absolute Gasteiger partial charge is 0.330 e. The number of nitrogens with zero attached hydrogens (tertiary/aromatic N) is 1. The standard InChI is InChI=1S/C7H19N3/c1-10(2)7-6-9-5-3-4-8/h9H,3-8H2,1-2H3. The quantitative estimate of drug-likeness (QED) is 0.494. The van der Waals surface area contributed by atoms with Crippen molar-refractivity contribution in [3.8, 4) is 0 Å². The van der Waals surface area contributed by atoms with Crippen LogP contribution in [0.15, 0.2) is 0 Å². The van der Waals surface area contributed by atoms with Crippen LogP contribution in [0.4, 0.5) is 0 Å². The molecule has 0 fully saturated rings. The van der Waals surface area contributed by atoms with Gasteiger partial charge in [-0.15, -0.1) is 0 Å². The van der Waals surface area contributed by atoms with Gasteiger partial charge in [-0.2, -0.15) is 0 Å². The van der Waals surface area contributed by atoms with Gasteiger partial charge >= 0.3 is 0 Å². The van der Waals surface area contributed by atoms with E-state index in [-0.39, 0.29) is 0 Å². The minimum absolute atomic E-state index is 0.787. The highest BCUT2D eigenvalue weighted by Gasteiger charge is 1.87. The first-order chi connectivity index (χ1) is 4.77. The van der Waals surface area contributed by atoms with Crippen molar-refractivity contribution in [3.05, 3.63) is 0 Å². The zero-order valence-electron chi connectivity index (χ0n) is 7.06. The Balaban J connectivity index is 2.77.